The van der Waals surface area contributed by atoms with Crippen molar-refractivity contribution in [2.45, 2.75) is 23.5 Å². The quantitative estimate of drug-likeness (QED) is 0.907. The molecule has 0 saturated carbocycles. The molecule has 0 radical (unpaired) electrons. The van der Waals surface area contributed by atoms with Gasteiger partial charge in [-0.15, -0.1) is 16.9 Å². The summed E-state index contributed by atoms with van der Waals surface area (Å²) in [5.74, 6) is 0.419. The SMILES string of the molecule is O=C(NC1=CCCC(Cl)=C1)c1nnn2c1CSc1ccccc1-2. The van der Waals surface area contributed by atoms with E-state index in [9.17, 15) is 4.79 Å². The minimum atomic E-state index is -0.250. The van der Waals surface area contributed by atoms with E-state index in [1.165, 1.54) is 0 Å². The summed E-state index contributed by atoms with van der Waals surface area (Å²) < 4.78 is 1.75. The second-order valence-corrected chi connectivity index (χ2v) is 6.80. The molecule has 2 aliphatic rings. The molecule has 0 atom stereocenters. The van der Waals surface area contributed by atoms with Gasteiger partial charge in [-0.3, -0.25) is 4.79 Å². The first-order valence-electron chi connectivity index (χ1n) is 7.27. The van der Waals surface area contributed by atoms with E-state index in [4.69, 9.17) is 11.6 Å². The van der Waals surface area contributed by atoms with Crippen molar-refractivity contribution in [3.63, 3.8) is 0 Å². The lowest BCUT2D eigenvalue weighted by atomic mass is 10.1. The zero-order chi connectivity index (χ0) is 15.8. The van der Waals surface area contributed by atoms with Crippen LogP contribution in [-0.4, -0.2) is 20.9 Å². The van der Waals surface area contributed by atoms with Gasteiger partial charge in [-0.1, -0.05) is 35.0 Å². The third-order valence-corrected chi connectivity index (χ3v) is 5.13. The van der Waals surface area contributed by atoms with Crippen molar-refractivity contribution in [1.82, 2.24) is 20.3 Å². The van der Waals surface area contributed by atoms with Crippen molar-refractivity contribution in [2.24, 2.45) is 0 Å². The van der Waals surface area contributed by atoms with Gasteiger partial charge in [0.25, 0.3) is 5.91 Å². The number of allylic oxidation sites excluding steroid dienone is 3. The lowest BCUT2D eigenvalue weighted by molar-refractivity contribution is 0.0961. The van der Waals surface area contributed by atoms with Gasteiger partial charge in [-0.2, -0.15) is 0 Å². The lowest BCUT2D eigenvalue weighted by Gasteiger charge is -2.17. The average molecular weight is 345 g/mol. The van der Waals surface area contributed by atoms with Crippen molar-refractivity contribution < 1.29 is 4.79 Å². The molecule has 1 N–H and O–H groups in total. The number of aromatic nitrogens is 3. The van der Waals surface area contributed by atoms with Crippen LogP contribution in [0.15, 0.2) is 52.0 Å². The first kappa shape index (κ1) is 14.5. The summed E-state index contributed by atoms with van der Waals surface area (Å²) >= 11 is 7.71. The number of thioether (sulfide) groups is 1. The van der Waals surface area contributed by atoms with E-state index in [-0.39, 0.29) is 5.91 Å². The molecule has 0 saturated heterocycles. The zero-order valence-corrected chi connectivity index (χ0v) is 13.7. The van der Waals surface area contributed by atoms with Crippen molar-refractivity contribution in [3.05, 3.63) is 58.5 Å². The minimum Gasteiger partial charge on any atom is -0.321 e. The molecule has 0 fully saturated rings. The van der Waals surface area contributed by atoms with Gasteiger partial charge in [0.2, 0.25) is 0 Å². The number of benzene rings is 1. The van der Waals surface area contributed by atoms with Gasteiger partial charge in [0, 0.05) is 21.4 Å². The number of carbonyl (C=O) groups is 1. The zero-order valence-electron chi connectivity index (χ0n) is 12.1. The second kappa shape index (κ2) is 5.86. The summed E-state index contributed by atoms with van der Waals surface area (Å²) in [6.07, 6.45) is 5.39. The van der Waals surface area contributed by atoms with E-state index in [1.807, 2.05) is 30.3 Å². The maximum absolute atomic E-state index is 12.5. The molecule has 4 rings (SSSR count). The summed E-state index contributed by atoms with van der Waals surface area (Å²) in [7, 11) is 0. The van der Waals surface area contributed by atoms with Gasteiger partial charge in [0.15, 0.2) is 5.69 Å². The normalized spacial score (nSPS) is 16.0. The smallest absolute Gasteiger partial charge is 0.278 e. The molecule has 23 heavy (non-hydrogen) atoms. The topological polar surface area (TPSA) is 59.8 Å². The minimum absolute atomic E-state index is 0.250. The molecule has 5 nitrogen and oxygen atoms in total. The number of hydrogen-bond donors (Lipinski definition) is 1. The Morgan fingerprint density at radius 3 is 3.09 bits per heavy atom. The van der Waals surface area contributed by atoms with E-state index in [2.05, 4.69) is 15.6 Å². The summed E-state index contributed by atoms with van der Waals surface area (Å²) in [5, 5.41) is 11.9. The van der Waals surface area contributed by atoms with Crippen LogP contribution in [-0.2, 0) is 5.75 Å². The molecule has 1 aromatic heterocycles. The molecular formula is C16H13ClN4OS. The van der Waals surface area contributed by atoms with E-state index in [0.29, 0.717) is 11.4 Å². The Morgan fingerprint density at radius 2 is 2.22 bits per heavy atom. The molecule has 1 aliphatic heterocycles. The number of carbonyl (C=O) groups excluding carboxylic acids is 1. The highest BCUT2D eigenvalue weighted by Crippen LogP contribution is 2.35. The van der Waals surface area contributed by atoms with Gasteiger partial charge in [0.05, 0.1) is 11.4 Å². The lowest BCUT2D eigenvalue weighted by Crippen LogP contribution is -2.24. The van der Waals surface area contributed by atoms with Gasteiger partial charge < -0.3 is 5.32 Å². The van der Waals surface area contributed by atoms with E-state index in [0.717, 1.165) is 39.8 Å². The maximum Gasteiger partial charge on any atom is 0.278 e. The number of hydrogen-bond acceptors (Lipinski definition) is 4. The van der Waals surface area contributed by atoms with Crippen molar-refractivity contribution in [3.8, 4) is 5.69 Å². The Bertz CT molecular complexity index is 856. The van der Waals surface area contributed by atoms with Crippen LogP contribution in [0.3, 0.4) is 0 Å². The fourth-order valence-corrected chi connectivity index (χ4v) is 3.90. The van der Waals surface area contributed by atoms with Crippen LogP contribution in [0, 0.1) is 0 Å². The molecule has 1 amide bonds. The highest BCUT2D eigenvalue weighted by molar-refractivity contribution is 7.98. The molecule has 1 aliphatic carbocycles. The van der Waals surface area contributed by atoms with Crippen LogP contribution in [0.4, 0.5) is 0 Å². The molecular weight excluding hydrogens is 332 g/mol. The Labute approximate surface area is 142 Å². The average Bonchev–Trinajstić information content (AvgIpc) is 2.99. The largest absolute Gasteiger partial charge is 0.321 e. The molecule has 116 valence electrons. The van der Waals surface area contributed by atoms with Crippen molar-refractivity contribution in [1.29, 1.82) is 0 Å². The molecule has 0 bridgehead atoms. The van der Waals surface area contributed by atoms with Crippen LogP contribution >= 0.6 is 23.4 Å². The fourth-order valence-electron chi connectivity index (χ4n) is 2.64. The van der Waals surface area contributed by atoms with Gasteiger partial charge >= 0.3 is 0 Å². The Kier molecular flexibility index (Phi) is 3.71. The van der Waals surface area contributed by atoms with Crippen LogP contribution in [0.5, 0.6) is 0 Å². The van der Waals surface area contributed by atoms with Crippen LogP contribution in [0.2, 0.25) is 0 Å². The highest BCUT2D eigenvalue weighted by Gasteiger charge is 2.25. The molecule has 2 heterocycles. The summed E-state index contributed by atoms with van der Waals surface area (Å²) in [6.45, 7) is 0. The van der Waals surface area contributed by atoms with Crippen LogP contribution in [0.1, 0.15) is 29.0 Å². The third kappa shape index (κ3) is 2.68. The predicted octanol–water partition coefficient (Wildman–Crippen LogP) is 3.40. The van der Waals surface area contributed by atoms with E-state index < -0.39 is 0 Å². The van der Waals surface area contributed by atoms with E-state index in [1.54, 1.807) is 22.5 Å². The monoisotopic (exact) mass is 344 g/mol. The Balaban J connectivity index is 1.64. The van der Waals surface area contributed by atoms with Crippen molar-refractivity contribution in [2.75, 3.05) is 0 Å². The molecule has 1 aromatic carbocycles. The number of rotatable bonds is 2. The van der Waals surface area contributed by atoms with E-state index >= 15 is 0 Å². The van der Waals surface area contributed by atoms with Gasteiger partial charge in [-0.25, -0.2) is 4.68 Å². The highest BCUT2D eigenvalue weighted by atomic mass is 35.5. The Hall–Kier alpha value is -2.05. The third-order valence-electron chi connectivity index (χ3n) is 3.75. The number of fused-ring (bicyclic) bond motifs is 3. The summed E-state index contributed by atoms with van der Waals surface area (Å²) in [5.41, 5.74) is 2.86. The molecule has 0 unspecified atom stereocenters. The Morgan fingerprint density at radius 1 is 1.35 bits per heavy atom. The number of para-hydroxylation sites is 1. The van der Waals surface area contributed by atoms with Crippen molar-refractivity contribution >= 4 is 29.3 Å². The van der Waals surface area contributed by atoms with Gasteiger partial charge in [0.1, 0.15) is 0 Å². The first-order valence-corrected chi connectivity index (χ1v) is 8.63. The first-order chi connectivity index (χ1) is 11.2. The van der Waals surface area contributed by atoms with Crippen LogP contribution < -0.4 is 5.32 Å². The fraction of sp³-hybridized carbons (Fsp3) is 0.188. The second-order valence-electron chi connectivity index (χ2n) is 5.30. The van der Waals surface area contributed by atoms with Crippen LogP contribution in [0.25, 0.3) is 5.69 Å². The number of halogens is 1. The van der Waals surface area contributed by atoms with Gasteiger partial charge in [-0.05, 0) is 31.1 Å². The summed E-state index contributed by atoms with van der Waals surface area (Å²) in [4.78, 5) is 13.7. The molecule has 0 spiro atoms. The summed E-state index contributed by atoms with van der Waals surface area (Å²) in [6, 6.07) is 7.97. The number of amides is 1. The molecule has 2 aromatic rings. The maximum atomic E-state index is 12.5. The molecule has 7 heteroatoms. The standard InChI is InChI=1S/C16H13ClN4OS/c17-10-4-3-5-11(8-10)18-16(22)15-13-9-23-14-7-2-1-6-12(14)21(13)20-19-15/h1-2,5-8H,3-4,9H2,(H,18,22). The predicted molar refractivity (Wildman–Crippen MR) is 89.6 cm³/mol. The number of nitrogens with one attached hydrogen (secondary N) is 1. The number of nitrogens with zero attached hydrogens (tertiary/aromatic N) is 3.